The van der Waals surface area contributed by atoms with Crippen LogP contribution in [-0.2, 0) is 0 Å². The number of hydrogen-bond donors (Lipinski definition) is 2. The number of carbonyl (C=O) groups is 2. The van der Waals surface area contributed by atoms with Gasteiger partial charge in [0.1, 0.15) is 11.4 Å². The number of carboxylic acid groups (broad SMARTS) is 1. The van der Waals surface area contributed by atoms with Crippen LogP contribution in [0.5, 0.6) is 0 Å². The Morgan fingerprint density at radius 2 is 1.95 bits per heavy atom. The summed E-state index contributed by atoms with van der Waals surface area (Å²) >= 11 is 0. The van der Waals surface area contributed by atoms with E-state index in [-0.39, 0.29) is 17.1 Å². The lowest BCUT2D eigenvalue weighted by molar-refractivity contribution is 0.0690. The molecule has 0 spiro atoms. The van der Waals surface area contributed by atoms with Crippen LogP contribution in [-0.4, -0.2) is 27.0 Å². The van der Waals surface area contributed by atoms with Gasteiger partial charge < -0.3 is 10.4 Å². The molecule has 0 radical (unpaired) electrons. The predicted octanol–water partition coefficient (Wildman–Crippen LogP) is 1.57. The monoisotopic (exact) mass is 261 g/mol. The van der Waals surface area contributed by atoms with Crippen LogP contribution in [0.15, 0.2) is 36.7 Å². The summed E-state index contributed by atoms with van der Waals surface area (Å²) in [5.41, 5.74) is -0.429. The van der Waals surface area contributed by atoms with Crippen molar-refractivity contribution in [3.05, 3.63) is 53.9 Å². The molecule has 1 amide bonds. The minimum Gasteiger partial charge on any atom is -0.477 e. The SMILES string of the molecule is O=C(O)c1cccc(C(=O)Nc2ccncc2F)n1. The van der Waals surface area contributed by atoms with Gasteiger partial charge in [0.05, 0.1) is 11.9 Å². The van der Waals surface area contributed by atoms with E-state index in [0.717, 1.165) is 6.20 Å². The molecular formula is C12H8FN3O3. The van der Waals surface area contributed by atoms with Crippen LogP contribution in [0.3, 0.4) is 0 Å². The second kappa shape index (κ2) is 5.21. The van der Waals surface area contributed by atoms with Crippen molar-refractivity contribution >= 4 is 17.6 Å². The number of hydrogen-bond acceptors (Lipinski definition) is 4. The normalized spacial score (nSPS) is 9.95. The molecule has 0 bridgehead atoms. The summed E-state index contributed by atoms with van der Waals surface area (Å²) in [6, 6.07) is 5.26. The summed E-state index contributed by atoms with van der Waals surface area (Å²) in [5, 5.41) is 11.0. The van der Waals surface area contributed by atoms with Gasteiger partial charge in [-0.1, -0.05) is 6.07 Å². The Hall–Kier alpha value is -2.83. The number of aromatic carboxylic acids is 1. The first-order valence-corrected chi connectivity index (χ1v) is 5.19. The third-order valence-corrected chi connectivity index (χ3v) is 2.22. The van der Waals surface area contributed by atoms with Gasteiger partial charge in [-0.25, -0.2) is 14.2 Å². The maximum atomic E-state index is 13.3. The molecule has 0 atom stereocenters. The predicted molar refractivity (Wildman–Crippen MR) is 63.3 cm³/mol. The van der Waals surface area contributed by atoms with E-state index in [2.05, 4.69) is 15.3 Å². The number of rotatable bonds is 3. The molecule has 2 aromatic rings. The van der Waals surface area contributed by atoms with E-state index in [1.807, 2.05) is 0 Å². The molecule has 0 fully saturated rings. The molecule has 0 unspecified atom stereocenters. The number of nitrogens with zero attached hydrogens (tertiary/aromatic N) is 2. The summed E-state index contributed by atoms with van der Waals surface area (Å²) in [5.74, 6) is -2.64. The number of nitrogens with one attached hydrogen (secondary N) is 1. The average molecular weight is 261 g/mol. The van der Waals surface area contributed by atoms with E-state index in [4.69, 9.17) is 5.11 Å². The van der Waals surface area contributed by atoms with Crippen LogP contribution in [0.1, 0.15) is 21.0 Å². The van der Waals surface area contributed by atoms with Crippen LogP contribution in [0.4, 0.5) is 10.1 Å². The molecule has 19 heavy (non-hydrogen) atoms. The van der Waals surface area contributed by atoms with E-state index >= 15 is 0 Å². The second-order valence-electron chi connectivity index (χ2n) is 3.52. The molecule has 6 nitrogen and oxygen atoms in total. The van der Waals surface area contributed by atoms with Gasteiger partial charge in [-0.05, 0) is 18.2 Å². The molecule has 0 saturated carbocycles. The number of halogens is 1. The van der Waals surface area contributed by atoms with Gasteiger partial charge in [-0.15, -0.1) is 0 Å². The quantitative estimate of drug-likeness (QED) is 0.874. The minimum absolute atomic E-state index is 0.0532. The number of pyridine rings is 2. The van der Waals surface area contributed by atoms with Crippen molar-refractivity contribution in [2.45, 2.75) is 0 Å². The summed E-state index contributed by atoms with van der Waals surface area (Å²) in [4.78, 5) is 29.7. The van der Waals surface area contributed by atoms with E-state index in [9.17, 15) is 14.0 Å². The molecular weight excluding hydrogens is 253 g/mol. The highest BCUT2D eigenvalue weighted by Gasteiger charge is 2.13. The lowest BCUT2D eigenvalue weighted by atomic mass is 10.2. The van der Waals surface area contributed by atoms with Crippen molar-refractivity contribution in [3.8, 4) is 0 Å². The van der Waals surface area contributed by atoms with Crippen molar-refractivity contribution in [2.24, 2.45) is 0 Å². The first kappa shape index (κ1) is 12.6. The number of carboxylic acids is 1. The fourth-order valence-corrected chi connectivity index (χ4v) is 1.34. The van der Waals surface area contributed by atoms with Crippen LogP contribution in [0.25, 0.3) is 0 Å². The summed E-state index contributed by atoms with van der Waals surface area (Å²) in [6.45, 7) is 0. The highest BCUT2D eigenvalue weighted by molar-refractivity contribution is 6.03. The van der Waals surface area contributed by atoms with E-state index in [0.29, 0.717) is 0 Å². The highest BCUT2D eigenvalue weighted by atomic mass is 19.1. The van der Waals surface area contributed by atoms with Gasteiger partial charge in [0.2, 0.25) is 0 Å². The molecule has 0 aliphatic rings. The van der Waals surface area contributed by atoms with Gasteiger partial charge in [0, 0.05) is 6.20 Å². The number of anilines is 1. The molecule has 2 aromatic heterocycles. The Morgan fingerprint density at radius 1 is 1.21 bits per heavy atom. The second-order valence-corrected chi connectivity index (χ2v) is 3.52. The molecule has 0 aromatic carbocycles. The first-order valence-electron chi connectivity index (χ1n) is 5.19. The zero-order valence-corrected chi connectivity index (χ0v) is 9.50. The molecule has 7 heteroatoms. The Bertz CT molecular complexity index is 646. The van der Waals surface area contributed by atoms with Gasteiger partial charge >= 0.3 is 5.97 Å². The fourth-order valence-electron chi connectivity index (χ4n) is 1.34. The van der Waals surface area contributed by atoms with Crippen molar-refractivity contribution in [1.29, 1.82) is 0 Å². The Kier molecular flexibility index (Phi) is 3.46. The Labute approximate surface area is 106 Å². The highest BCUT2D eigenvalue weighted by Crippen LogP contribution is 2.12. The first-order chi connectivity index (χ1) is 9.08. The van der Waals surface area contributed by atoms with E-state index in [1.165, 1.54) is 30.5 Å². The topological polar surface area (TPSA) is 92.2 Å². The minimum atomic E-state index is -1.25. The van der Waals surface area contributed by atoms with Crippen molar-refractivity contribution < 1.29 is 19.1 Å². The largest absolute Gasteiger partial charge is 0.477 e. The van der Waals surface area contributed by atoms with E-state index in [1.54, 1.807) is 0 Å². The number of carbonyl (C=O) groups excluding carboxylic acids is 1. The van der Waals surface area contributed by atoms with Crippen LogP contribution < -0.4 is 5.32 Å². The summed E-state index contributed by atoms with van der Waals surface area (Å²) < 4.78 is 13.3. The number of amides is 1. The zero-order valence-electron chi connectivity index (χ0n) is 9.50. The molecule has 0 aliphatic carbocycles. The molecule has 2 N–H and O–H groups in total. The van der Waals surface area contributed by atoms with Crippen LogP contribution in [0.2, 0.25) is 0 Å². The Morgan fingerprint density at radius 3 is 2.63 bits per heavy atom. The van der Waals surface area contributed by atoms with Gasteiger partial charge in [-0.2, -0.15) is 0 Å². The zero-order chi connectivity index (χ0) is 13.8. The van der Waals surface area contributed by atoms with Crippen molar-refractivity contribution in [3.63, 3.8) is 0 Å². The third-order valence-electron chi connectivity index (χ3n) is 2.22. The number of aromatic nitrogens is 2. The molecule has 0 aliphatic heterocycles. The van der Waals surface area contributed by atoms with Gasteiger partial charge in [0.25, 0.3) is 5.91 Å². The molecule has 96 valence electrons. The van der Waals surface area contributed by atoms with Crippen molar-refractivity contribution in [2.75, 3.05) is 5.32 Å². The van der Waals surface area contributed by atoms with Crippen molar-refractivity contribution in [1.82, 2.24) is 9.97 Å². The maximum Gasteiger partial charge on any atom is 0.354 e. The van der Waals surface area contributed by atoms with E-state index < -0.39 is 17.7 Å². The van der Waals surface area contributed by atoms with Gasteiger partial charge in [-0.3, -0.25) is 9.78 Å². The maximum absolute atomic E-state index is 13.3. The smallest absolute Gasteiger partial charge is 0.354 e. The molecule has 2 heterocycles. The van der Waals surface area contributed by atoms with Gasteiger partial charge in [0.15, 0.2) is 5.82 Å². The molecule has 0 saturated heterocycles. The average Bonchev–Trinajstić information content (AvgIpc) is 2.41. The Balaban J connectivity index is 2.23. The van der Waals surface area contributed by atoms with Crippen LogP contribution in [0, 0.1) is 5.82 Å². The summed E-state index contributed by atoms with van der Waals surface area (Å²) in [6.07, 6.45) is 2.27. The molecule has 2 rings (SSSR count). The third kappa shape index (κ3) is 2.89. The fraction of sp³-hybridized carbons (Fsp3) is 0. The lowest BCUT2D eigenvalue weighted by Gasteiger charge is -2.05. The lowest BCUT2D eigenvalue weighted by Crippen LogP contribution is -2.16. The summed E-state index contributed by atoms with van der Waals surface area (Å²) in [7, 11) is 0. The standard InChI is InChI=1S/C12H8FN3O3/c13-7-6-14-5-4-8(7)16-11(17)9-2-1-3-10(15-9)12(18)19/h1-6H,(H,18,19)(H,14,16,17). The van der Waals surface area contributed by atoms with Crippen LogP contribution >= 0.6 is 0 Å².